The highest BCUT2D eigenvalue weighted by Gasteiger charge is 2.17. The first-order chi connectivity index (χ1) is 17.8. The summed E-state index contributed by atoms with van der Waals surface area (Å²) in [5.41, 5.74) is 2.45. The fourth-order valence-corrected chi connectivity index (χ4v) is 3.82. The predicted molar refractivity (Wildman–Crippen MR) is 142 cm³/mol. The number of halogens is 1. The summed E-state index contributed by atoms with van der Waals surface area (Å²) in [6, 6.07) is 9.33. The van der Waals surface area contributed by atoms with Crippen LogP contribution in [0.4, 0.5) is 27.3 Å². The number of ether oxygens (including phenoxy) is 1. The second kappa shape index (κ2) is 11.8. The van der Waals surface area contributed by atoms with Gasteiger partial charge in [0.05, 0.1) is 48.2 Å². The molecule has 0 aliphatic carbocycles. The van der Waals surface area contributed by atoms with Gasteiger partial charge in [-0.3, -0.25) is 14.6 Å². The molecule has 0 unspecified atom stereocenters. The van der Waals surface area contributed by atoms with Crippen molar-refractivity contribution in [3.63, 3.8) is 0 Å². The van der Waals surface area contributed by atoms with Crippen molar-refractivity contribution in [2.75, 3.05) is 53.7 Å². The summed E-state index contributed by atoms with van der Waals surface area (Å²) >= 11 is 0. The van der Waals surface area contributed by atoms with E-state index >= 15 is 0 Å². The number of nitrogens with one attached hydrogen (secondary N) is 3. The molecule has 0 saturated carbocycles. The first kappa shape index (κ1) is 26.0. The number of nitrogens with zero attached hydrogens (tertiary/aromatic N) is 3. The van der Waals surface area contributed by atoms with Gasteiger partial charge in [-0.2, -0.15) is 0 Å². The number of hydrogen-bond acceptors (Lipinski definition) is 7. The summed E-state index contributed by atoms with van der Waals surface area (Å²) in [7, 11) is 0. The number of benzene rings is 1. The fourth-order valence-electron chi connectivity index (χ4n) is 3.82. The number of anilines is 4. The highest BCUT2D eigenvalue weighted by molar-refractivity contribution is 6.08. The molecule has 1 aromatic carbocycles. The Hall–Kier alpha value is -4.05. The number of aromatic nitrogens is 2. The van der Waals surface area contributed by atoms with Gasteiger partial charge in [0.2, 0.25) is 0 Å². The van der Waals surface area contributed by atoms with E-state index in [0.717, 1.165) is 12.4 Å². The summed E-state index contributed by atoms with van der Waals surface area (Å²) in [5, 5.41) is 8.75. The number of pyridine rings is 2. The van der Waals surface area contributed by atoms with Crippen LogP contribution in [0.3, 0.4) is 0 Å². The van der Waals surface area contributed by atoms with E-state index in [1.807, 2.05) is 4.90 Å². The number of morpholine rings is 1. The summed E-state index contributed by atoms with van der Waals surface area (Å²) in [6.45, 7) is 9.06. The van der Waals surface area contributed by atoms with E-state index in [4.69, 9.17) is 4.74 Å². The first-order valence-corrected chi connectivity index (χ1v) is 12.2. The SMILES string of the molecule is Cc1ncc(NC(=O)c2cc(F)cc(N3CCOCC3)c2)cc1C(=O)Nc1ccc(NCC(C)C)nc1. The Kier molecular flexibility index (Phi) is 8.29. The maximum atomic E-state index is 14.3. The molecule has 2 aromatic heterocycles. The molecule has 0 atom stereocenters. The second-order valence-corrected chi connectivity index (χ2v) is 9.27. The van der Waals surface area contributed by atoms with Gasteiger partial charge in [0, 0.05) is 30.9 Å². The molecular formula is C27H31FN6O3. The number of hydrogen-bond donors (Lipinski definition) is 3. The number of carbonyl (C=O) groups is 2. The van der Waals surface area contributed by atoms with E-state index in [2.05, 4.69) is 39.8 Å². The third-order valence-corrected chi connectivity index (χ3v) is 5.82. The topological polar surface area (TPSA) is 108 Å². The molecule has 1 saturated heterocycles. The van der Waals surface area contributed by atoms with Crippen LogP contribution in [0.15, 0.2) is 48.8 Å². The third-order valence-electron chi connectivity index (χ3n) is 5.82. The number of carbonyl (C=O) groups excluding carboxylic acids is 2. The Balaban J connectivity index is 1.44. The van der Waals surface area contributed by atoms with E-state index in [9.17, 15) is 14.0 Å². The molecule has 194 valence electrons. The lowest BCUT2D eigenvalue weighted by Crippen LogP contribution is -2.36. The smallest absolute Gasteiger partial charge is 0.257 e. The maximum Gasteiger partial charge on any atom is 0.257 e. The van der Waals surface area contributed by atoms with E-state index in [-0.39, 0.29) is 11.5 Å². The lowest BCUT2D eigenvalue weighted by Gasteiger charge is -2.29. The minimum absolute atomic E-state index is 0.172. The van der Waals surface area contributed by atoms with Gasteiger partial charge in [-0.15, -0.1) is 0 Å². The maximum absolute atomic E-state index is 14.3. The predicted octanol–water partition coefficient (Wildman–Crippen LogP) is 4.33. The quantitative estimate of drug-likeness (QED) is 0.417. The van der Waals surface area contributed by atoms with Crippen LogP contribution in [0.2, 0.25) is 0 Å². The minimum Gasteiger partial charge on any atom is -0.378 e. The zero-order valence-electron chi connectivity index (χ0n) is 21.2. The van der Waals surface area contributed by atoms with Crippen LogP contribution in [0.25, 0.3) is 0 Å². The molecule has 37 heavy (non-hydrogen) atoms. The number of aryl methyl sites for hydroxylation is 1. The van der Waals surface area contributed by atoms with Crippen LogP contribution in [-0.2, 0) is 4.74 Å². The van der Waals surface area contributed by atoms with Crippen molar-refractivity contribution in [1.82, 2.24) is 9.97 Å². The van der Waals surface area contributed by atoms with Crippen LogP contribution in [0, 0.1) is 18.7 Å². The minimum atomic E-state index is -0.504. The Morgan fingerprint density at radius 2 is 1.73 bits per heavy atom. The molecule has 0 radical (unpaired) electrons. The summed E-state index contributed by atoms with van der Waals surface area (Å²) in [6.07, 6.45) is 3.04. The van der Waals surface area contributed by atoms with Crippen molar-refractivity contribution in [3.05, 3.63) is 71.4 Å². The van der Waals surface area contributed by atoms with Gasteiger partial charge in [-0.05, 0) is 49.2 Å². The van der Waals surface area contributed by atoms with Crippen LogP contribution in [0.1, 0.15) is 40.3 Å². The van der Waals surface area contributed by atoms with Crippen molar-refractivity contribution in [2.24, 2.45) is 5.92 Å². The summed E-state index contributed by atoms with van der Waals surface area (Å²) in [4.78, 5) is 36.4. The molecule has 0 bridgehead atoms. The Morgan fingerprint density at radius 1 is 1.00 bits per heavy atom. The molecule has 3 N–H and O–H groups in total. The molecule has 1 fully saturated rings. The van der Waals surface area contributed by atoms with Crippen molar-refractivity contribution < 1.29 is 18.7 Å². The van der Waals surface area contributed by atoms with Gasteiger partial charge in [0.25, 0.3) is 11.8 Å². The van der Waals surface area contributed by atoms with Crippen molar-refractivity contribution in [1.29, 1.82) is 0 Å². The molecule has 10 heteroatoms. The molecule has 0 spiro atoms. The van der Waals surface area contributed by atoms with Gasteiger partial charge >= 0.3 is 0 Å². The van der Waals surface area contributed by atoms with E-state index in [1.165, 1.54) is 18.3 Å². The van der Waals surface area contributed by atoms with E-state index in [1.54, 1.807) is 37.4 Å². The van der Waals surface area contributed by atoms with Gasteiger partial charge in [0.1, 0.15) is 11.6 Å². The molecule has 2 amide bonds. The molecule has 1 aliphatic rings. The van der Waals surface area contributed by atoms with Crippen molar-refractivity contribution in [2.45, 2.75) is 20.8 Å². The Bertz CT molecular complexity index is 1260. The lowest BCUT2D eigenvalue weighted by atomic mass is 10.1. The van der Waals surface area contributed by atoms with Gasteiger partial charge in [0.15, 0.2) is 0 Å². The van der Waals surface area contributed by atoms with Crippen LogP contribution in [0.5, 0.6) is 0 Å². The lowest BCUT2D eigenvalue weighted by molar-refractivity contribution is 0.101. The largest absolute Gasteiger partial charge is 0.378 e. The van der Waals surface area contributed by atoms with Crippen molar-refractivity contribution in [3.8, 4) is 0 Å². The summed E-state index contributed by atoms with van der Waals surface area (Å²) < 4.78 is 19.7. The van der Waals surface area contributed by atoms with Crippen LogP contribution < -0.4 is 20.9 Å². The molecule has 3 aromatic rings. The van der Waals surface area contributed by atoms with E-state index < -0.39 is 11.7 Å². The zero-order valence-corrected chi connectivity index (χ0v) is 21.2. The highest BCUT2D eigenvalue weighted by Crippen LogP contribution is 2.22. The van der Waals surface area contributed by atoms with E-state index in [0.29, 0.717) is 60.5 Å². The van der Waals surface area contributed by atoms with Gasteiger partial charge in [-0.25, -0.2) is 9.37 Å². The Morgan fingerprint density at radius 3 is 2.43 bits per heavy atom. The van der Waals surface area contributed by atoms with Gasteiger partial charge in [-0.1, -0.05) is 13.8 Å². The average Bonchev–Trinajstić information content (AvgIpc) is 2.89. The first-order valence-electron chi connectivity index (χ1n) is 12.2. The number of amides is 2. The zero-order chi connectivity index (χ0) is 26.4. The molecule has 1 aliphatic heterocycles. The molecular weight excluding hydrogens is 475 g/mol. The van der Waals surface area contributed by atoms with Crippen LogP contribution >= 0.6 is 0 Å². The monoisotopic (exact) mass is 506 g/mol. The normalized spacial score (nSPS) is 13.4. The van der Waals surface area contributed by atoms with Gasteiger partial charge < -0.3 is 25.6 Å². The standard InChI is InChI=1S/C27H31FN6O3/c1-17(2)14-30-25-5-4-21(15-31-25)32-27(36)24-13-22(16-29-18(24)3)33-26(35)19-10-20(28)12-23(11-19)34-6-8-37-9-7-34/h4-5,10-13,15-17H,6-9,14H2,1-3H3,(H,30,31)(H,32,36)(H,33,35). The molecule has 4 rings (SSSR count). The Labute approximate surface area is 215 Å². The number of rotatable bonds is 8. The average molecular weight is 507 g/mol. The molecule has 9 nitrogen and oxygen atoms in total. The molecule has 3 heterocycles. The second-order valence-electron chi connectivity index (χ2n) is 9.27. The van der Waals surface area contributed by atoms with Crippen molar-refractivity contribution >= 4 is 34.7 Å². The summed E-state index contributed by atoms with van der Waals surface area (Å²) in [5.74, 6) is -0.179. The highest BCUT2D eigenvalue weighted by atomic mass is 19.1. The van der Waals surface area contributed by atoms with Crippen LogP contribution in [-0.4, -0.2) is 54.6 Å². The fraction of sp³-hybridized carbons (Fsp3) is 0.333. The third kappa shape index (κ3) is 7.01.